The molecule has 2 aromatic carbocycles. The summed E-state index contributed by atoms with van der Waals surface area (Å²) in [5.74, 6) is -0.406. The van der Waals surface area contributed by atoms with Gasteiger partial charge >= 0.3 is 0 Å². The monoisotopic (exact) mass is 513 g/mol. The molecule has 1 aliphatic rings. The Morgan fingerprint density at radius 3 is 2.36 bits per heavy atom. The first-order valence-corrected chi connectivity index (χ1v) is 13.4. The van der Waals surface area contributed by atoms with Crippen LogP contribution < -0.4 is 9.62 Å². The number of anilines is 1. The summed E-state index contributed by atoms with van der Waals surface area (Å²) in [5.41, 5.74) is 2.30. The summed E-state index contributed by atoms with van der Waals surface area (Å²) >= 11 is 12.3. The number of rotatable bonds is 9. The zero-order valence-electron chi connectivity index (χ0n) is 18.8. The van der Waals surface area contributed by atoms with Crippen LogP contribution in [0.25, 0.3) is 0 Å². The van der Waals surface area contributed by atoms with Gasteiger partial charge in [-0.15, -0.1) is 0 Å². The molecule has 180 valence electrons. The van der Waals surface area contributed by atoms with E-state index in [2.05, 4.69) is 10.2 Å². The fourth-order valence-corrected chi connectivity index (χ4v) is 5.42. The number of sulfonamides is 1. The lowest BCUT2D eigenvalue weighted by Gasteiger charge is -2.30. The molecule has 0 spiro atoms. The van der Waals surface area contributed by atoms with E-state index in [-0.39, 0.29) is 23.7 Å². The zero-order chi connectivity index (χ0) is 24.0. The van der Waals surface area contributed by atoms with E-state index in [9.17, 15) is 13.2 Å². The van der Waals surface area contributed by atoms with Crippen molar-refractivity contribution in [2.75, 3.05) is 36.9 Å². The molecule has 0 aromatic heterocycles. The molecular formula is C23H29Cl2N3O4S. The van der Waals surface area contributed by atoms with Crippen molar-refractivity contribution >= 4 is 44.8 Å². The lowest BCUT2D eigenvalue weighted by Crippen LogP contribution is -2.49. The van der Waals surface area contributed by atoms with E-state index >= 15 is 0 Å². The summed E-state index contributed by atoms with van der Waals surface area (Å²) < 4.78 is 31.6. The maximum Gasteiger partial charge on any atom is 0.244 e. The van der Waals surface area contributed by atoms with Gasteiger partial charge in [-0.2, -0.15) is 0 Å². The van der Waals surface area contributed by atoms with E-state index in [1.54, 1.807) is 13.0 Å². The molecule has 3 rings (SSSR count). The molecule has 1 amide bonds. The normalized spacial score (nSPS) is 15.8. The first-order chi connectivity index (χ1) is 15.7. The number of nitrogens with zero attached hydrogens (tertiary/aromatic N) is 2. The second kappa shape index (κ2) is 11.5. The summed E-state index contributed by atoms with van der Waals surface area (Å²) in [7, 11) is -3.80. The molecular weight excluding hydrogens is 485 g/mol. The van der Waals surface area contributed by atoms with E-state index in [4.69, 9.17) is 27.9 Å². The number of morpholine rings is 1. The lowest BCUT2D eigenvalue weighted by molar-refractivity contribution is -0.122. The maximum atomic E-state index is 13.0. The first-order valence-electron chi connectivity index (χ1n) is 10.8. The van der Waals surface area contributed by atoms with Gasteiger partial charge in [0.15, 0.2) is 0 Å². The first kappa shape index (κ1) is 25.8. The number of carbonyl (C=O) groups is 1. The van der Waals surface area contributed by atoms with Crippen LogP contribution in [0, 0.1) is 0 Å². The van der Waals surface area contributed by atoms with Gasteiger partial charge in [0.1, 0.15) is 6.04 Å². The quantitative estimate of drug-likeness (QED) is 0.553. The van der Waals surface area contributed by atoms with Crippen LogP contribution >= 0.6 is 23.2 Å². The predicted octanol–water partition coefficient (Wildman–Crippen LogP) is 3.69. The van der Waals surface area contributed by atoms with Crippen molar-refractivity contribution in [1.29, 1.82) is 0 Å². The maximum absolute atomic E-state index is 13.0. The molecule has 10 heteroatoms. The fraction of sp³-hybridized carbons (Fsp3) is 0.435. The van der Waals surface area contributed by atoms with Crippen molar-refractivity contribution in [2.24, 2.45) is 0 Å². The number of hydrogen-bond acceptors (Lipinski definition) is 5. The lowest BCUT2D eigenvalue weighted by atomic mass is 10.1. The molecule has 1 N–H and O–H groups in total. The van der Waals surface area contributed by atoms with E-state index in [1.165, 1.54) is 17.7 Å². The van der Waals surface area contributed by atoms with Crippen LogP contribution in [0.2, 0.25) is 10.0 Å². The largest absolute Gasteiger partial charge is 0.379 e. The molecule has 33 heavy (non-hydrogen) atoms. The number of amides is 1. The van der Waals surface area contributed by atoms with Crippen LogP contribution in [0.5, 0.6) is 0 Å². The smallest absolute Gasteiger partial charge is 0.244 e. The number of ether oxygens (including phenoxy) is 1. The molecule has 0 aliphatic carbocycles. The molecule has 1 unspecified atom stereocenters. The summed E-state index contributed by atoms with van der Waals surface area (Å²) in [6.07, 6.45) is 1.31. The predicted molar refractivity (Wildman–Crippen MR) is 132 cm³/mol. The zero-order valence-corrected chi connectivity index (χ0v) is 21.1. The van der Waals surface area contributed by atoms with Gasteiger partial charge in [-0.1, -0.05) is 54.4 Å². The molecule has 1 heterocycles. The van der Waals surface area contributed by atoms with E-state index in [0.29, 0.717) is 5.02 Å². The van der Waals surface area contributed by atoms with Crippen LogP contribution in [0.3, 0.4) is 0 Å². The highest BCUT2D eigenvalue weighted by Gasteiger charge is 2.32. The standard InChI is InChI=1S/C23H29Cl2N3O4S/c1-3-21(28(33(2,30)31)22-14-19(24)8-9-20(22)25)23(29)26-15-17-4-6-18(7-5-17)16-27-10-12-32-13-11-27/h4-9,14,21H,3,10-13,15-16H2,1-2H3,(H,26,29). The molecule has 1 aliphatic heterocycles. The Morgan fingerprint density at radius 1 is 1.12 bits per heavy atom. The number of carbonyl (C=O) groups excluding carboxylic acids is 1. The molecule has 0 bridgehead atoms. The second-order valence-corrected chi connectivity index (χ2v) is 10.7. The van der Waals surface area contributed by atoms with Crippen molar-refractivity contribution in [3.63, 3.8) is 0 Å². The number of hydrogen-bond donors (Lipinski definition) is 1. The van der Waals surface area contributed by atoms with Crippen molar-refractivity contribution in [3.8, 4) is 0 Å². The van der Waals surface area contributed by atoms with Gasteiger partial charge in [0, 0.05) is 31.2 Å². The van der Waals surface area contributed by atoms with Gasteiger partial charge in [-0.25, -0.2) is 8.42 Å². The van der Waals surface area contributed by atoms with Gasteiger partial charge in [0.2, 0.25) is 15.9 Å². The minimum Gasteiger partial charge on any atom is -0.379 e. The topological polar surface area (TPSA) is 79.0 Å². The molecule has 7 nitrogen and oxygen atoms in total. The number of benzene rings is 2. The third-order valence-corrected chi connectivity index (χ3v) is 7.20. The van der Waals surface area contributed by atoms with Gasteiger partial charge in [-0.05, 0) is 35.7 Å². The van der Waals surface area contributed by atoms with Crippen molar-refractivity contribution in [2.45, 2.75) is 32.5 Å². The second-order valence-electron chi connectivity index (χ2n) is 8.00. The van der Waals surface area contributed by atoms with Crippen LogP contribution in [-0.4, -0.2) is 57.8 Å². The average molecular weight is 514 g/mol. The van der Waals surface area contributed by atoms with Crippen molar-refractivity contribution in [1.82, 2.24) is 10.2 Å². The van der Waals surface area contributed by atoms with Gasteiger partial charge in [0.25, 0.3) is 0 Å². The Morgan fingerprint density at radius 2 is 1.76 bits per heavy atom. The number of nitrogens with one attached hydrogen (secondary N) is 1. The molecule has 1 atom stereocenters. The molecule has 0 saturated carbocycles. The van der Waals surface area contributed by atoms with Crippen molar-refractivity contribution < 1.29 is 17.9 Å². The SMILES string of the molecule is CCC(C(=O)NCc1ccc(CN2CCOCC2)cc1)N(c1cc(Cl)ccc1Cl)S(C)(=O)=O. The Bertz CT molecular complexity index is 1060. The minimum absolute atomic E-state index is 0.182. The molecule has 1 saturated heterocycles. The van der Waals surface area contributed by atoms with Gasteiger partial charge in [0.05, 0.1) is 30.2 Å². The van der Waals surface area contributed by atoms with Gasteiger partial charge < -0.3 is 10.1 Å². The summed E-state index contributed by atoms with van der Waals surface area (Å²) in [5, 5.41) is 3.39. The minimum atomic E-state index is -3.80. The summed E-state index contributed by atoms with van der Waals surface area (Å²) in [6.45, 7) is 6.25. The van der Waals surface area contributed by atoms with Crippen LogP contribution in [0.1, 0.15) is 24.5 Å². The summed E-state index contributed by atoms with van der Waals surface area (Å²) in [6, 6.07) is 11.6. The van der Waals surface area contributed by atoms with Crippen LogP contribution in [0.4, 0.5) is 5.69 Å². The average Bonchev–Trinajstić information content (AvgIpc) is 2.78. The Labute approximate surface area is 205 Å². The van der Waals surface area contributed by atoms with E-state index in [1.807, 2.05) is 24.3 Å². The van der Waals surface area contributed by atoms with E-state index < -0.39 is 22.0 Å². The highest BCUT2D eigenvalue weighted by atomic mass is 35.5. The Hall–Kier alpha value is -1.84. The van der Waals surface area contributed by atoms with Gasteiger partial charge in [-0.3, -0.25) is 14.0 Å². The highest BCUT2D eigenvalue weighted by Crippen LogP contribution is 2.33. The third kappa shape index (κ3) is 7.07. The molecule has 2 aromatic rings. The van der Waals surface area contributed by atoms with Crippen molar-refractivity contribution in [3.05, 3.63) is 63.6 Å². The number of halogens is 2. The highest BCUT2D eigenvalue weighted by molar-refractivity contribution is 7.92. The van der Waals surface area contributed by atoms with E-state index in [0.717, 1.165) is 49.0 Å². The van der Waals surface area contributed by atoms with Crippen LogP contribution in [0.15, 0.2) is 42.5 Å². The Balaban J connectivity index is 1.68. The molecule has 0 radical (unpaired) electrons. The van der Waals surface area contributed by atoms with Crippen LogP contribution in [-0.2, 0) is 32.6 Å². The Kier molecular flexibility index (Phi) is 9.01. The fourth-order valence-electron chi connectivity index (χ4n) is 3.78. The molecule has 1 fully saturated rings. The summed E-state index contributed by atoms with van der Waals surface area (Å²) in [4.78, 5) is 15.4. The third-order valence-electron chi connectivity index (χ3n) is 5.47.